The molecule has 2 rings (SSSR count). The summed E-state index contributed by atoms with van der Waals surface area (Å²) in [6.07, 6.45) is 3.67. The second kappa shape index (κ2) is 6.29. The van der Waals surface area contributed by atoms with E-state index in [2.05, 4.69) is 0 Å². The van der Waals surface area contributed by atoms with Crippen LogP contribution in [0.1, 0.15) is 12.0 Å². The molecule has 0 unspecified atom stereocenters. The second-order valence-electron chi connectivity index (χ2n) is 4.67. The molecule has 4 nitrogen and oxygen atoms in total. The second-order valence-corrected chi connectivity index (χ2v) is 5.52. The molecule has 1 saturated heterocycles. The molecule has 1 atom stereocenters. The smallest absolute Gasteiger partial charge is 0.246 e. The van der Waals surface area contributed by atoms with Crippen LogP contribution in [0.25, 0.3) is 6.08 Å². The van der Waals surface area contributed by atoms with Crippen molar-refractivity contribution in [2.24, 2.45) is 11.7 Å². The maximum Gasteiger partial charge on any atom is 0.246 e. The molecule has 1 aliphatic rings. The normalized spacial score (nSPS) is 18.7. The summed E-state index contributed by atoms with van der Waals surface area (Å²) in [5.74, 6) is -0.769. The highest BCUT2D eigenvalue weighted by Crippen LogP contribution is 2.22. The van der Waals surface area contributed by atoms with Crippen molar-refractivity contribution in [2.45, 2.75) is 6.42 Å². The van der Waals surface area contributed by atoms with Crippen molar-refractivity contribution in [3.8, 4) is 0 Å². The molecular weight excluding hydrogens is 299 g/mol. The topological polar surface area (TPSA) is 63.4 Å². The zero-order valence-corrected chi connectivity index (χ0v) is 12.2. The lowest BCUT2D eigenvalue weighted by molar-refractivity contribution is -0.125. The van der Waals surface area contributed by atoms with Gasteiger partial charge in [-0.1, -0.05) is 23.2 Å². The number of likely N-dealkylation sites (tertiary alicyclic amines) is 1. The van der Waals surface area contributed by atoms with Crippen molar-refractivity contribution in [3.63, 3.8) is 0 Å². The number of carbonyl (C=O) groups is 2. The third kappa shape index (κ3) is 3.52. The molecule has 1 aliphatic heterocycles. The highest BCUT2D eigenvalue weighted by Gasteiger charge is 2.28. The van der Waals surface area contributed by atoms with Crippen LogP contribution in [0.2, 0.25) is 10.0 Å². The van der Waals surface area contributed by atoms with Crippen LogP contribution in [0.5, 0.6) is 0 Å². The maximum atomic E-state index is 12.0. The van der Waals surface area contributed by atoms with Gasteiger partial charge in [0.1, 0.15) is 0 Å². The summed E-state index contributed by atoms with van der Waals surface area (Å²) in [6, 6.07) is 5.04. The van der Waals surface area contributed by atoms with Gasteiger partial charge in [0.25, 0.3) is 0 Å². The van der Waals surface area contributed by atoms with E-state index in [9.17, 15) is 9.59 Å². The third-order valence-corrected chi connectivity index (χ3v) is 3.85. The Kier molecular flexibility index (Phi) is 4.68. The van der Waals surface area contributed by atoms with Crippen molar-refractivity contribution in [1.82, 2.24) is 4.90 Å². The van der Waals surface area contributed by atoms with Gasteiger partial charge in [-0.15, -0.1) is 0 Å². The van der Waals surface area contributed by atoms with E-state index in [0.717, 1.165) is 0 Å². The standard InChI is InChI=1S/C14H14Cl2N2O2/c15-11-2-3-12(16)9(7-11)1-4-13(19)18-6-5-10(8-18)14(17)20/h1-4,7,10H,5-6,8H2,(H2,17,20)/b4-1+/t10-/m0/s1. The molecule has 0 spiro atoms. The van der Waals surface area contributed by atoms with Gasteiger partial charge in [0.2, 0.25) is 11.8 Å². The van der Waals surface area contributed by atoms with E-state index in [0.29, 0.717) is 35.1 Å². The maximum absolute atomic E-state index is 12.0. The van der Waals surface area contributed by atoms with E-state index in [4.69, 9.17) is 28.9 Å². The highest BCUT2D eigenvalue weighted by atomic mass is 35.5. The van der Waals surface area contributed by atoms with Crippen molar-refractivity contribution in [2.75, 3.05) is 13.1 Å². The van der Waals surface area contributed by atoms with E-state index in [-0.39, 0.29) is 17.7 Å². The molecule has 0 bridgehead atoms. The summed E-state index contributed by atoms with van der Waals surface area (Å²) < 4.78 is 0. The molecule has 0 aromatic heterocycles. The Labute approximate surface area is 127 Å². The summed E-state index contributed by atoms with van der Waals surface area (Å²) in [4.78, 5) is 24.7. The molecule has 2 amide bonds. The zero-order valence-electron chi connectivity index (χ0n) is 10.7. The molecule has 106 valence electrons. The molecule has 1 aromatic rings. The number of rotatable bonds is 3. The largest absolute Gasteiger partial charge is 0.369 e. The van der Waals surface area contributed by atoms with Crippen LogP contribution in [0, 0.1) is 5.92 Å². The lowest BCUT2D eigenvalue weighted by Crippen LogP contribution is -2.30. The molecule has 0 aliphatic carbocycles. The number of hydrogen-bond donors (Lipinski definition) is 1. The Balaban J connectivity index is 2.03. The summed E-state index contributed by atoms with van der Waals surface area (Å²) >= 11 is 11.9. The van der Waals surface area contributed by atoms with Crippen LogP contribution in [0.4, 0.5) is 0 Å². The van der Waals surface area contributed by atoms with Gasteiger partial charge < -0.3 is 10.6 Å². The van der Waals surface area contributed by atoms with Crippen LogP contribution >= 0.6 is 23.2 Å². The van der Waals surface area contributed by atoms with Gasteiger partial charge in [-0.05, 0) is 36.3 Å². The number of hydrogen-bond acceptors (Lipinski definition) is 2. The van der Waals surface area contributed by atoms with Gasteiger partial charge >= 0.3 is 0 Å². The Hall–Kier alpha value is -1.52. The van der Waals surface area contributed by atoms with Gasteiger partial charge in [0.15, 0.2) is 0 Å². The van der Waals surface area contributed by atoms with Crippen LogP contribution in [-0.4, -0.2) is 29.8 Å². The van der Waals surface area contributed by atoms with Crippen LogP contribution in [0.15, 0.2) is 24.3 Å². The molecule has 2 N–H and O–H groups in total. The minimum Gasteiger partial charge on any atom is -0.369 e. The molecule has 1 aromatic carbocycles. The van der Waals surface area contributed by atoms with E-state index >= 15 is 0 Å². The number of nitrogens with zero attached hydrogens (tertiary/aromatic N) is 1. The van der Waals surface area contributed by atoms with Gasteiger partial charge in [0.05, 0.1) is 5.92 Å². The van der Waals surface area contributed by atoms with Crippen molar-refractivity contribution >= 4 is 41.1 Å². The Morgan fingerprint density at radius 3 is 2.75 bits per heavy atom. The van der Waals surface area contributed by atoms with E-state index < -0.39 is 0 Å². The van der Waals surface area contributed by atoms with Gasteiger partial charge in [-0.3, -0.25) is 9.59 Å². The number of halogens is 2. The predicted molar refractivity (Wildman–Crippen MR) is 79.4 cm³/mol. The Morgan fingerprint density at radius 2 is 2.10 bits per heavy atom. The first-order chi connectivity index (χ1) is 9.47. The van der Waals surface area contributed by atoms with Crippen LogP contribution in [0.3, 0.4) is 0 Å². The van der Waals surface area contributed by atoms with Gasteiger partial charge in [-0.2, -0.15) is 0 Å². The number of carbonyl (C=O) groups excluding carboxylic acids is 2. The number of amides is 2. The molecule has 1 fully saturated rings. The number of nitrogens with two attached hydrogens (primary N) is 1. The fourth-order valence-electron chi connectivity index (χ4n) is 2.10. The van der Waals surface area contributed by atoms with Gasteiger partial charge in [0, 0.05) is 29.2 Å². The Morgan fingerprint density at radius 1 is 1.35 bits per heavy atom. The first-order valence-electron chi connectivity index (χ1n) is 6.18. The van der Waals surface area contributed by atoms with E-state index in [1.807, 2.05) is 0 Å². The van der Waals surface area contributed by atoms with E-state index in [1.54, 1.807) is 29.2 Å². The number of primary amides is 1. The van der Waals surface area contributed by atoms with Crippen molar-refractivity contribution < 1.29 is 9.59 Å². The average molecular weight is 313 g/mol. The van der Waals surface area contributed by atoms with Crippen LogP contribution in [-0.2, 0) is 9.59 Å². The minimum absolute atomic E-state index is 0.162. The predicted octanol–water partition coefficient (Wildman–Crippen LogP) is 2.34. The summed E-state index contributed by atoms with van der Waals surface area (Å²) in [6.45, 7) is 0.918. The summed E-state index contributed by atoms with van der Waals surface area (Å²) in [5, 5.41) is 1.08. The minimum atomic E-state index is -0.359. The zero-order chi connectivity index (χ0) is 14.7. The molecule has 1 heterocycles. The van der Waals surface area contributed by atoms with Crippen LogP contribution < -0.4 is 5.73 Å². The molecular formula is C14H14Cl2N2O2. The Bertz CT molecular complexity index is 572. The SMILES string of the molecule is NC(=O)[C@H]1CCN(C(=O)/C=C/c2cc(Cl)ccc2Cl)C1. The fourth-order valence-corrected chi connectivity index (χ4v) is 2.46. The van der Waals surface area contributed by atoms with Crippen molar-refractivity contribution in [1.29, 1.82) is 0 Å². The summed E-state index contributed by atoms with van der Waals surface area (Å²) in [5.41, 5.74) is 5.91. The van der Waals surface area contributed by atoms with Crippen molar-refractivity contribution in [3.05, 3.63) is 39.9 Å². The molecule has 0 radical (unpaired) electrons. The lowest BCUT2D eigenvalue weighted by Gasteiger charge is -2.13. The quantitative estimate of drug-likeness (QED) is 0.871. The third-order valence-electron chi connectivity index (χ3n) is 3.27. The molecule has 6 heteroatoms. The molecule has 20 heavy (non-hydrogen) atoms. The molecule has 0 saturated carbocycles. The fraction of sp³-hybridized carbons (Fsp3) is 0.286. The monoisotopic (exact) mass is 312 g/mol. The number of benzene rings is 1. The highest BCUT2D eigenvalue weighted by molar-refractivity contribution is 6.34. The average Bonchev–Trinajstić information content (AvgIpc) is 2.89. The first kappa shape index (κ1) is 14.9. The lowest BCUT2D eigenvalue weighted by atomic mass is 10.1. The summed E-state index contributed by atoms with van der Waals surface area (Å²) in [7, 11) is 0. The van der Waals surface area contributed by atoms with Gasteiger partial charge in [-0.25, -0.2) is 0 Å². The first-order valence-corrected chi connectivity index (χ1v) is 6.94. The van der Waals surface area contributed by atoms with E-state index in [1.165, 1.54) is 6.08 Å².